The van der Waals surface area contributed by atoms with E-state index < -0.39 is 5.54 Å². The van der Waals surface area contributed by atoms with Gasteiger partial charge in [-0.05, 0) is 26.8 Å². The van der Waals surface area contributed by atoms with Gasteiger partial charge in [-0.1, -0.05) is 18.2 Å². The van der Waals surface area contributed by atoms with Gasteiger partial charge in [0.05, 0.1) is 0 Å². The van der Waals surface area contributed by atoms with Crippen LogP contribution in [0.5, 0.6) is 0 Å². The fourth-order valence-electron chi connectivity index (χ4n) is 1.81. The summed E-state index contributed by atoms with van der Waals surface area (Å²) in [6, 6.07) is 7.61. The molecule has 2 aromatic rings. The van der Waals surface area contributed by atoms with Crippen molar-refractivity contribution in [1.29, 1.82) is 0 Å². The first-order valence-electron chi connectivity index (χ1n) is 5.95. The number of nitrogens with two attached hydrogens (primary N) is 1. The molecule has 0 fully saturated rings. The summed E-state index contributed by atoms with van der Waals surface area (Å²) in [5, 5.41) is 3.83. The lowest BCUT2D eigenvalue weighted by Gasteiger charge is -2.23. The molecule has 96 valence electrons. The second kappa shape index (κ2) is 4.46. The first kappa shape index (κ1) is 12.6. The smallest absolute Gasteiger partial charge is 0.287 e. The van der Waals surface area contributed by atoms with Crippen LogP contribution in [0.4, 0.5) is 0 Å². The number of carbonyl (C=O) groups is 1. The molecule has 4 nitrogen and oxygen atoms in total. The first-order valence-corrected chi connectivity index (χ1v) is 5.95. The molecular formula is C14H18N2O2. The third-order valence-electron chi connectivity index (χ3n) is 3.01. The minimum Gasteiger partial charge on any atom is -0.451 e. The van der Waals surface area contributed by atoms with Crippen LogP contribution in [-0.4, -0.2) is 18.0 Å². The second-order valence-electron chi connectivity index (χ2n) is 5.09. The molecule has 3 N–H and O–H groups in total. The van der Waals surface area contributed by atoms with Gasteiger partial charge in [0, 0.05) is 23.0 Å². The summed E-state index contributed by atoms with van der Waals surface area (Å²) in [4.78, 5) is 12.1. The summed E-state index contributed by atoms with van der Waals surface area (Å²) in [6.07, 6.45) is 0. The van der Waals surface area contributed by atoms with Crippen LogP contribution in [-0.2, 0) is 0 Å². The van der Waals surface area contributed by atoms with E-state index in [9.17, 15) is 4.79 Å². The van der Waals surface area contributed by atoms with Crippen LogP contribution in [0.15, 0.2) is 28.7 Å². The number of carbonyl (C=O) groups excluding carboxylic acids is 1. The Morgan fingerprint density at radius 3 is 2.67 bits per heavy atom. The van der Waals surface area contributed by atoms with E-state index in [2.05, 4.69) is 5.32 Å². The van der Waals surface area contributed by atoms with Crippen molar-refractivity contribution in [3.05, 3.63) is 35.6 Å². The standard InChI is InChI=1S/C14H18N2O2/c1-9-10-6-4-5-7-11(10)18-12(9)13(17)16-14(2,3)8-15/h4-7H,8,15H2,1-3H3,(H,16,17). The van der Waals surface area contributed by atoms with Gasteiger partial charge in [-0.15, -0.1) is 0 Å². The van der Waals surface area contributed by atoms with Crippen molar-refractivity contribution < 1.29 is 9.21 Å². The van der Waals surface area contributed by atoms with E-state index >= 15 is 0 Å². The molecule has 0 aliphatic carbocycles. The van der Waals surface area contributed by atoms with Gasteiger partial charge in [0.1, 0.15) is 5.58 Å². The summed E-state index contributed by atoms with van der Waals surface area (Å²) >= 11 is 0. The molecule has 0 aliphatic heterocycles. The van der Waals surface area contributed by atoms with Crippen molar-refractivity contribution in [2.24, 2.45) is 5.73 Å². The number of amides is 1. The van der Waals surface area contributed by atoms with Crippen molar-refractivity contribution in [3.63, 3.8) is 0 Å². The zero-order valence-corrected chi connectivity index (χ0v) is 10.9. The maximum absolute atomic E-state index is 12.1. The second-order valence-corrected chi connectivity index (χ2v) is 5.09. The number of fused-ring (bicyclic) bond motifs is 1. The number of hydrogen-bond donors (Lipinski definition) is 2. The lowest BCUT2D eigenvalue weighted by atomic mass is 10.1. The summed E-state index contributed by atoms with van der Waals surface area (Å²) in [6.45, 7) is 6.01. The van der Waals surface area contributed by atoms with Gasteiger partial charge in [-0.25, -0.2) is 0 Å². The monoisotopic (exact) mass is 246 g/mol. The van der Waals surface area contributed by atoms with Crippen LogP contribution < -0.4 is 11.1 Å². The lowest BCUT2D eigenvalue weighted by Crippen LogP contribution is -2.48. The maximum Gasteiger partial charge on any atom is 0.287 e. The minimum absolute atomic E-state index is 0.223. The molecule has 1 amide bonds. The normalized spacial score (nSPS) is 11.8. The Kier molecular flexibility index (Phi) is 3.13. The Morgan fingerprint density at radius 2 is 2.06 bits per heavy atom. The third-order valence-corrected chi connectivity index (χ3v) is 3.01. The molecule has 0 bridgehead atoms. The third kappa shape index (κ3) is 2.24. The average molecular weight is 246 g/mol. The van der Waals surface area contributed by atoms with Gasteiger partial charge >= 0.3 is 0 Å². The van der Waals surface area contributed by atoms with Gasteiger partial charge in [0.15, 0.2) is 5.76 Å². The van der Waals surface area contributed by atoms with E-state index in [4.69, 9.17) is 10.2 Å². The van der Waals surface area contributed by atoms with E-state index in [1.807, 2.05) is 45.0 Å². The Labute approximate surface area is 106 Å². The van der Waals surface area contributed by atoms with Crippen LogP contribution in [0, 0.1) is 6.92 Å². The van der Waals surface area contributed by atoms with Gasteiger partial charge in [-0.3, -0.25) is 4.79 Å². The highest BCUT2D eigenvalue weighted by Gasteiger charge is 2.23. The Bertz CT molecular complexity index is 584. The molecule has 0 atom stereocenters. The molecular weight excluding hydrogens is 228 g/mol. The van der Waals surface area contributed by atoms with Crippen LogP contribution >= 0.6 is 0 Å². The molecule has 0 saturated heterocycles. The minimum atomic E-state index is -0.442. The van der Waals surface area contributed by atoms with Crippen LogP contribution in [0.2, 0.25) is 0 Å². The molecule has 2 rings (SSSR count). The quantitative estimate of drug-likeness (QED) is 0.872. The first-order chi connectivity index (χ1) is 8.44. The summed E-state index contributed by atoms with van der Waals surface area (Å²) in [7, 11) is 0. The molecule has 0 spiro atoms. The number of nitrogens with one attached hydrogen (secondary N) is 1. The zero-order valence-electron chi connectivity index (χ0n) is 10.9. The van der Waals surface area contributed by atoms with Gasteiger partial charge in [-0.2, -0.15) is 0 Å². The van der Waals surface area contributed by atoms with Gasteiger partial charge in [0.25, 0.3) is 5.91 Å². The van der Waals surface area contributed by atoms with E-state index in [1.54, 1.807) is 0 Å². The van der Waals surface area contributed by atoms with E-state index in [1.165, 1.54) is 0 Å². The van der Waals surface area contributed by atoms with E-state index in [-0.39, 0.29) is 5.91 Å². The molecule has 4 heteroatoms. The van der Waals surface area contributed by atoms with Gasteiger partial charge < -0.3 is 15.5 Å². The molecule has 0 radical (unpaired) electrons. The highest BCUT2D eigenvalue weighted by Crippen LogP contribution is 2.25. The Balaban J connectivity index is 2.37. The molecule has 0 saturated carbocycles. The zero-order chi connectivity index (χ0) is 13.3. The van der Waals surface area contributed by atoms with Crippen LogP contribution in [0.25, 0.3) is 11.0 Å². The number of para-hydroxylation sites is 1. The highest BCUT2D eigenvalue weighted by molar-refractivity contribution is 5.99. The molecule has 1 heterocycles. The summed E-state index contributed by atoms with van der Waals surface area (Å²) in [5.74, 6) is 0.136. The molecule has 0 unspecified atom stereocenters. The molecule has 18 heavy (non-hydrogen) atoms. The van der Waals surface area contributed by atoms with E-state index in [0.29, 0.717) is 12.3 Å². The fraction of sp³-hybridized carbons (Fsp3) is 0.357. The average Bonchev–Trinajstić information content (AvgIpc) is 2.67. The fourth-order valence-corrected chi connectivity index (χ4v) is 1.81. The van der Waals surface area contributed by atoms with Crippen molar-refractivity contribution in [1.82, 2.24) is 5.32 Å². The Hall–Kier alpha value is -1.81. The molecule has 1 aromatic carbocycles. The molecule has 1 aromatic heterocycles. The number of rotatable bonds is 3. The highest BCUT2D eigenvalue weighted by atomic mass is 16.3. The number of furan rings is 1. The predicted molar refractivity (Wildman–Crippen MR) is 71.6 cm³/mol. The summed E-state index contributed by atoms with van der Waals surface area (Å²) in [5.41, 5.74) is 6.74. The predicted octanol–water partition coefficient (Wildman–Crippen LogP) is 2.21. The number of aryl methyl sites for hydroxylation is 1. The van der Waals surface area contributed by atoms with Crippen molar-refractivity contribution in [3.8, 4) is 0 Å². The maximum atomic E-state index is 12.1. The van der Waals surface area contributed by atoms with Crippen molar-refractivity contribution >= 4 is 16.9 Å². The topological polar surface area (TPSA) is 68.3 Å². The Morgan fingerprint density at radius 1 is 1.39 bits per heavy atom. The number of hydrogen-bond acceptors (Lipinski definition) is 3. The van der Waals surface area contributed by atoms with Crippen LogP contribution in [0.1, 0.15) is 30.0 Å². The molecule has 0 aliphatic rings. The van der Waals surface area contributed by atoms with Gasteiger partial charge in [0.2, 0.25) is 0 Å². The number of benzene rings is 1. The van der Waals surface area contributed by atoms with E-state index in [0.717, 1.165) is 16.5 Å². The van der Waals surface area contributed by atoms with Crippen molar-refractivity contribution in [2.45, 2.75) is 26.3 Å². The SMILES string of the molecule is Cc1c(C(=O)NC(C)(C)CN)oc2ccccc12. The van der Waals surface area contributed by atoms with Crippen molar-refractivity contribution in [2.75, 3.05) is 6.54 Å². The van der Waals surface area contributed by atoms with Crippen LogP contribution in [0.3, 0.4) is 0 Å². The lowest BCUT2D eigenvalue weighted by molar-refractivity contribution is 0.0888. The largest absolute Gasteiger partial charge is 0.451 e. The summed E-state index contributed by atoms with van der Waals surface area (Å²) < 4.78 is 5.60.